The van der Waals surface area contributed by atoms with E-state index in [2.05, 4.69) is 35.1 Å². The number of rotatable bonds is 6. The van der Waals surface area contributed by atoms with Gasteiger partial charge in [0.25, 0.3) is 0 Å². The van der Waals surface area contributed by atoms with Crippen LogP contribution in [0.25, 0.3) is 0 Å². The van der Waals surface area contributed by atoms with Gasteiger partial charge in [-0.25, -0.2) is 0 Å². The van der Waals surface area contributed by atoms with Gasteiger partial charge in [-0.1, -0.05) is 13.8 Å². The molecule has 0 aromatic carbocycles. The predicted octanol–water partition coefficient (Wildman–Crippen LogP) is 2.44. The van der Waals surface area contributed by atoms with Gasteiger partial charge in [0.15, 0.2) is 0 Å². The van der Waals surface area contributed by atoms with Gasteiger partial charge in [-0.3, -0.25) is 4.98 Å². The Morgan fingerprint density at radius 3 is 3.10 bits per heavy atom. The van der Waals surface area contributed by atoms with Crippen molar-refractivity contribution in [2.45, 2.75) is 39.3 Å². The number of nitrogens with one attached hydrogen (secondary N) is 1. The Bertz CT molecular complexity index is 406. The van der Waals surface area contributed by atoms with Gasteiger partial charge in [-0.15, -0.1) is 0 Å². The van der Waals surface area contributed by atoms with E-state index in [-0.39, 0.29) is 0 Å². The second-order valence-corrected chi connectivity index (χ2v) is 5.95. The molecule has 112 valence electrons. The molecule has 1 aromatic heterocycles. The summed E-state index contributed by atoms with van der Waals surface area (Å²) in [5.41, 5.74) is 2.62. The number of nitrogens with zero attached hydrogens (tertiary/aromatic N) is 2. The average Bonchev–Trinajstić information content (AvgIpc) is 2.46. The molecule has 1 aromatic rings. The first kappa shape index (κ1) is 15.3. The summed E-state index contributed by atoms with van der Waals surface area (Å²) in [6.45, 7) is 8.32. The summed E-state index contributed by atoms with van der Waals surface area (Å²) in [7, 11) is 1.80. The van der Waals surface area contributed by atoms with Crippen LogP contribution in [0.15, 0.2) is 18.5 Å². The SMILES string of the molecule is COCC1CCCN(c2ccncc2CNC(C)C)C1. The molecule has 1 fully saturated rings. The summed E-state index contributed by atoms with van der Waals surface area (Å²) in [5.74, 6) is 0.646. The second-order valence-electron chi connectivity index (χ2n) is 5.95. The van der Waals surface area contributed by atoms with E-state index < -0.39 is 0 Å². The van der Waals surface area contributed by atoms with E-state index in [0.717, 1.165) is 26.2 Å². The highest BCUT2D eigenvalue weighted by atomic mass is 16.5. The van der Waals surface area contributed by atoms with E-state index in [1.54, 1.807) is 7.11 Å². The number of pyridine rings is 1. The number of hydrogen-bond acceptors (Lipinski definition) is 4. The number of methoxy groups -OCH3 is 1. The van der Waals surface area contributed by atoms with Crippen molar-refractivity contribution in [2.24, 2.45) is 5.92 Å². The van der Waals surface area contributed by atoms with Crippen molar-refractivity contribution in [1.29, 1.82) is 0 Å². The highest BCUT2D eigenvalue weighted by molar-refractivity contribution is 5.52. The van der Waals surface area contributed by atoms with Gasteiger partial charge >= 0.3 is 0 Å². The zero-order valence-electron chi connectivity index (χ0n) is 12.9. The molecule has 0 bridgehead atoms. The van der Waals surface area contributed by atoms with Crippen molar-refractivity contribution in [1.82, 2.24) is 10.3 Å². The Labute approximate surface area is 122 Å². The smallest absolute Gasteiger partial charge is 0.0507 e. The maximum atomic E-state index is 5.32. The fraction of sp³-hybridized carbons (Fsp3) is 0.688. The van der Waals surface area contributed by atoms with Crippen molar-refractivity contribution >= 4 is 5.69 Å². The third kappa shape index (κ3) is 4.18. The van der Waals surface area contributed by atoms with Crippen LogP contribution in [-0.2, 0) is 11.3 Å². The van der Waals surface area contributed by atoms with Gasteiger partial charge < -0.3 is 15.0 Å². The summed E-state index contributed by atoms with van der Waals surface area (Å²) in [6, 6.07) is 2.64. The highest BCUT2D eigenvalue weighted by Crippen LogP contribution is 2.26. The van der Waals surface area contributed by atoms with Crippen LogP contribution in [0.3, 0.4) is 0 Å². The normalized spacial score (nSPS) is 19.6. The first-order valence-corrected chi connectivity index (χ1v) is 7.61. The largest absolute Gasteiger partial charge is 0.384 e. The molecule has 0 saturated carbocycles. The fourth-order valence-corrected chi connectivity index (χ4v) is 2.83. The molecule has 1 N–H and O–H groups in total. The lowest BCUT2D eigenvalue weighted by Crippen LogP contribution is -2.38. The number of anilines is 1. The summed E-state index contributed by atoms with van der Waals surface area (Å²) in [6.07, 6.45) is 6.40. The molecule has 20 heavy (non-hydrogen) atoms. The van der Waals surface area contributed by atoms with Gasteiger partial charge in [0.2, 0.25) is 0 Å². The van der Waals surface area contributed by atoms with Crippen molar-refractivity contribution < 1.29 is 4.74 Å². The third-order valence-electron chi connectivity index (χ3n) is 3.84. The van der Waals surface area contributed by atoms with Crippen molar-refractivity contribution in [3.8, 4) is 0 Å². The molecule has 1 saturated heterocycles. The maximum absolute atomic E-state index is 5.32. The fourth-order valence-electron chi connectivity index (χ4n) is 2.83. The predicted molar refractivity (Wildman–Crippen MR) is 83.0 cm³/mol. The van der Waals surface area contributed by atoms with Gasteiger partial charge in [-0.05, 0) is 24.8 Å². The number of piperidine rings is 1. The van der Waals surface area contributed by atoms with Gasteiger partial charge in [0.05, 0.1) is 6.61 Å². The molecule has 1 atom stereocenters. The zero-order valence-corrected chi connectivity index (χ0v) is 12.9. The number of hydrogen-bond donors (Lipinski definition) is 1. The van der Waals surface area contributed by atoms with E-state index in [4.69, 9.17) is 4.74 Å². The monoisotopic (exact) mass is 277 g/mol. The first-order valence-electron chi connectivity index (χ1n) is 7.61. The molecule has 0 spiro atoms. The lowest BCUT2D eigenvalue weighted by Gasteiger charge is -2.35. The number of aromatic nitrogens is 1. The van der Waals surface area contributed by atoms with Crippen LogP contribution < -0.4 is 10.2 Å². The lowest BCUT2D eigenvalue weighted by molar-refractivity contribution is 0.143. The van der Waals surface area contributed by atoms with E-state index >= 15 is 0 Å². The first-order chi connectivity index (χ1) is 9.70. The Hall–Kier alpha value is -1.13. The van der Waals surface area contributed by atoms with Gasteiger partial charge in [0.1, 0.15) is 0 Å². The maximum Gasteiger partial charge on any atom is 0.0507 e. The molecular weight excluding hydrogens is 250 g/mol. The summed E-state index contributed by atoms with van der Waals surface area (Å²) < 4.78 is 5.32. The summed E-state index contributed by atoms with van der Waals surface area (Å²) in [4.78, 5) is 6.77. The highest BCUT2D eigenvalue weighted by Gasteiger charge is 2.21. The van der Waals surface area contributed by atoms with Crippen LogP contribution in [0.5, 0.6) is 0 Å². The molecule has 4 heteroatoms. The van der Waals surface area contributed by atoms with Crippen LogP contribution in [-0.4, -0.2) is 37.8 Å². The molecule has 1 unspecified atom stereocenters. The molecule has 2 heterocycles. The third-order valence-corrected chi connectivity index (χ3v) is 3.84. The van der Waals surface area contributed by atoms with E-state index in [9.17, 15) is 0 Å². The zero-order chi connectivity index (χ0) is 14.4. The van der Waals surface area contributed by atoms with Gasteiger partial charge in [-0.2, -0.15) is 0 Å². The minimum atomic E-state index is 0.491. The minimum absolute atomic E-state index is 0.491. The molecule has 1 aliphatic heterocycles. The van der Waals surface area contributed by atoms with E-state index in [1.807, 2.05) is 12.4 Å². The number of ether oxygens (including phenoxy) is 1. The van der Waals surface area contributed by atoms with E-state index in [0.29, 0.717) is 12.0 Å². The van der Waals surface area contributed by atoms with Crippen LogP contribution in [0.1, 0.15) is 32.3 Å². The molecule has 0 amide bonds. The van der Waals surface area contributed by atoms with Crippen LogP contribution in [0, 0.1) is 5.92 Å². The van der Waals surface area contributed by atoms with Gasteiger partial charge in [0, 0.05) is 56.4 Å². The van der Waals surface area contributed by atoms with Crippen LogP contribution in [0.4, 0.5) is 5.69 Å². The summed E-state index contributed by atoms with van der Waals surface area (Å²) in [5, 5.41) is 3.49. The van der Waals surface area contributed by atoms with E-state index in [1.165, 1.54) is 24.1 Å². The quantitative estimate of drug-likeness (QED) is 0.866. The molecule has 2 rings (SSSR count). The Morgan fingerprint density at radius 1 is 1.50 bits per heavy atom. The topological polar surface area (TPSA) is 37.4 Å². The average molecular weight is 277 g/mol. The van der Waals surface area contributed by atoms with Crippen LogP contribution >= 0.6 is 0 Å². The van der Waals surface area contributed by atoms with Crippen molar-refractivity contribution in [3.63, 3.8) is 0 Å². The Morgan fingerprint density at radius 2 is 2.35 bits per heavy atom. The molecule has 4 nitrogen and oxygen atoms in total. The molecular formula is C16H27N3O. The minimum Gasteiger partial charge on any atom is -0.384 e. The van der Waals surface area contributed by atoms with Crippen molar-refractivity contribution in [2.75, 3.05) is 31.7 Å². The molecule has 0 aliphatic carbocycles. The summed E-state index contributed by atoms with van der Waals surface area (Å²) >= 11 is 0. The van der Waals surface area contributed by atoms with Crippen molar-refractivity contribution in [3.05, 3.63) is 24.0 Å². The Kier molecular flexibility index (Phi) is 5.80. The molecule has 1 aliphatic rings. The molecule has 0 radical (unpaired) electrons. The van der Waals surface area contributed by atoms with Crippen LogP contribution in [0.2, 0.25) is 0 Å². The second kappa shape index (κ2) is 7.60. The Balaban J connectivity index is 2.06. The standard InChI is InChI=1S/C16H27N3O/c1-13(2)18-10-15-9-17-7-6-16(15)19-8-4-5-14(11-19)12-20-3/h6-7,9,13-14,18H,4-5,8,10-12H2,1-3H3. The lowest BCUT2D eigenvalue weighted by atomic mass is 9.98.